The lowest BCUT2D eigenvalue weighted by atomic mass is 10.1. The van der Waals surface area contributed by atoms with Gasteiger partial charge < -0.3 is 13.7 Å². The van der Waals surface area contributed by atoms with Gasteiger partial charge in [-0.1, -0.05) is 91.0 Å². The molecule has 0 saturated carbocycles. The fourth-order valence-electron chi connectivity index (χ4n) is 7.71. The highest BCUT2D eigenvalue weighted by molar-refractivity contribution is 6.23. The molecule has 0 spiro atoms. The standard InChI is InChI=1S/C43H26N4/c44-27-28-21-24-41-37(25-28)34-17-6-7-18-38(34)45(41)30-13-10-14-31(26-30)47-40-20-9-5-16-33(40)36-23-22-35-32-15-4-8-19-39(32)46(42(35)43(36)47)29-11-2-1-3-12-29/h1-26H. The van der Waals surface area contributed by atoms with Crippen molar-refractivity contribution in [1.29, 1.82) is 5.26 Å². The molecule has 0 amide bonds. The third-order valence-corrected chi connectivity index (χ3v) is 9.63. The largest absolute Gasteiger partial charge is 0.309 e. The smallest absolute Gasteiger partial charge is 0.0991 e. The van der Waals surface area contributed by atoms with Gasteiger partial charge in [0.25, 0.3) is 0 Å². The first-order valence-electron chi connectivity index (χ1n) is 15.8. The van der Waals surface area contributed by atoms with Gasteiger partial charge in [-0.2, -0.15) is 5.26 Å². The van der Waals surface area contributed by atoms with Crippen molar-refractivity contribution in [3.63, 3.8) is 0 Å². The lowest BCUT2D eigenvalue weighted by molar-refractivity contribution is 1.13. The maximum absolute atomic E-state index is 9.66. The summed E-state index contributed by atoms with van der Waals surface area (Å²) in [5.74, 6) is 0. The molecule has 3 heterocycles. The maximum Gasteiger partial charge on any atom is 0.0991 e. The van der Waals surface area contributed by atoms with E-state index in [1.165, 1.54) is 38.1 Å². The van der Waals surface area contributed by atoms with E-state index in [0.29, 0.717) is 5.56 Å². The molecule has 0 unspecified atom stereocenters. The molecule has 10 rings (SSSR count). The summed E-state index contributed by atoms with van der Waals surface area (Å²) in [7, 11) is 0. The summed E-state index contributed by atoms with van der Waals surface area (Å²) in [6, 6.07) is 58.3. The monoisotopic (exact) mass is 598 g/mol. The van der Waals surface area contributed by atoms with E-state index in [2.05, 4.69) is 165 Å². The number of nitrogens with zero attached hydrogens (tertiary/aromatic N) is 4. The number of fused-ring (bicyclic) bond motifs is 10. The number of para-hydroxylation sites is 4. The Morgan fingerprint density at radius 3 is 1.43 bits per heavy atom. The highest BCUT2D eigenvalue weighted by Crippen LogP contribution is 2.42. The van der Waals surface area contributed by atoms with Crippen molar-refractivity contribution in [2.45, 2.75) is 0 Å². The first kappa shape index (κ1) is 25.7. The van der Waals surface area contributed by atoms with Crippen molar-refractivity contribution in [2.24, 2.45) is 0 Å². The highest BCUT2D eigenvalue weighted by Gasteiger charge is 2.21. The Morgan fingerprint density at radius 2 is 0.809 bits per heavy atom. The van der Waals surface area contributed by atoms with E-state index >= 15 is 0 Å². The lowest BCUT2D eigenvalue weighted by Gasteiger charge is -2.14. The number of aromatic nitrogens is 3. The van der Waals surface area contributed by atoms with E-state index in [4.69, 9.17) is 0 Å². The van der Waals surface area contributed by atoms with Gasteiger partial charge in [0.1, 0.15) is 0 Å². The predicted octanol–water partition coefficient (Wildman–Crippen LogP) is 10.8. The quantitative estimate of drug-likeness (QED) is 0.199. The first-order valence-corrected chi connectivity index (χ1v) is 15.8. The van der Waals surface area contributed by atoms with Crippen molar-refractivity contribution >= 4 is 65.4 Å². The van der Waals surface area contributed by atoms with E-state index in [9.17, 15) is 5.26 Å². The Hall–Kier alpha value is -6.57. The molecule has 4 nitrogen and oxygen atoms in total. The molecule has 0 fully saturated rings. The zero-order valence-electron chi connectivity index (χ0n) is 25.3. The maximum atomic E-state index is 9.66. The van der Waals surface area contributed by atoms with Crippen LogP contribution in [0.3, 0.4) is 0 Å². The summed E-state index contributed by atoms with van der Waals surface area (Å²) in [5.41, 5.74) is 10.9. The summed E-state index contributed by atoms with van der Waals surface area (Å²) >= 11 is 0. The molecule has 3 aromatic heterocycles. The van der Waals surface area contributed by atoms with Crippen LogP contribution in [0.5, 0.6) is 0 Å². The molecule has 0 bridgehead atoms. The van der Waals surface area contributed by atoms with Crippen LogP contribution in [0.2, 0.25) is 0 Å². The number of hydrogen-bond acceptors (Lipinski definition) is 1. The number of benzene rings is 7. The molecular formula is C43H26N4. The summed E-state index contributed by atoms with van der Waals surface area (Å²) in [5, 5.41) is 16.8. The Labute approximate surface area is 270 Å². The van der Waals surface area contributed by atoms with Gasteiger partial charge in [-0.25, -0.2) is 0 Å². The zero-order valence-corrected chi connectivity index (χ0v) is 25.3. The molecule has 218 valence electrons. The third-order valence-electron chi connectivity index (χ3n) is 9.63. The van der Waals surface area contributed by atoms with Crippen LogP contribution in [0.4, 0.5) is 0 Å². The van der Waals surface area contributed by atoms with Crippen LogP contribution >= 0.6 is 0 Å². The minimum atomic E-state index is 0.664. The fourth-order valence-corrected chi connectivity index (χ4v) is 7.71. The molecule has 4 heteroatoms. The molecule has 0 atom stereocenters. The minimum Gasteiger partial charge on any atom is -0.309 e. The highest BCUT2D eigenvalue weighted by atomic mass is 15.1. The summed E-state index contributed by atoms with van der Waals surface area (Å²) in [4.78, 5) is 0. The van der Waals surface area contributed by atoms with Crippen LogP contribution < -0.4 is 0 Å². The van der Waals surface area contributed by atoms with E-state index < -0.39 is 0 Å². The van der Waals surface area contributed by atoms with Gasteiger partial charge in [0.2, 0.25) is 0 Å². The first-order chi connectivity index (χ1) is 23.3. The van der Waals surface area contributed by atoms with Crippen molar-refractivity contribution in [2.75, 3.05) is 0 Å². The summed E-state index contributed by atoms with van der Waals surface area (Å²) < 4.78 is 7.18. The van der Waals surface area contributed by atoms with Crippen molar-refractivity contribution < 1.29 is 0 Å². The predicted molar refractivity (Wildman–Crippen MR) is 194 cm³/mol. The van der Waals surface area contributed by atoms with E-state index in [1.807, 2.05) is 12.1 Å². The molecule has 0 aliphatic carbocycles. The molecule has 7 aromatic carbocycles. The van der Waals surface area contributed by atoms with E-state index in [-0.39, 0.29) is 0 Å². The van der Waals surface area contributed by atoms with Gasteiger partial charge in [-0.05, 0) is 66.7 Å². The third kappa shape index (κ3) is 3.57. The molecular weight excluding hydrogens is 573 g/mol. The van der Waals surface area contributed by atoms with Gasteiger partial charge in [0.05, 0.1) is 44.7 Å². The zero-order chi connectivity index (χ0) is 31.1. The van der Waals surface area contributed by atoms with E-state index in [0.717, 1.165) is 44.4 Å². The van der Waals surface area contributed by atoms with Crippen LogP contribution in [0, 0.1) is 11.3 Å². The number of hydrogen-bond donors (Lipinski definition) is 0. The second-order valence-corrected chi connectivity index (χ2v) is 12.1. The SMILES string of the molecule is N#Cc1ccc2c(c1)c1ccccc1n2-c1cccc(-n2c3ccccc3c3ccc4c5ccccc5n(-c5ccccc5)c4c32)c1. The molecule has 0 N–H and O–H groups in total. The normalized spacial score (nSPS) is 11.8. The molecule has 0 aliphatic rings. The number of nitriles is 1. The minimum absolute atomic E-state index is 0.664. The van der Waals surface area contributed by atoms with Gasteiger partial charge in [0, 0.05) is 49.4 Å². The molecule has 0 saturated heterocycles. The Bertz CT molecular complexity index is 2910. The van der Waals surface area contributed by atoms with Crippen LogP contribution in [0.15, 0.2) is 158 Å². The Balaban J connectivity index is 1.34. The van der Waals surface area contributed by atoms with Crippen LogP contribution in [-0.4, -0.2) is 13.7 Å². The topological polar surface area (TPSA) is 38.6 Å². The van der Waals surface area contributed by atoms with Gasteiger partial charge in [0.15, 0.2) is 0 Å². The van der Waals surface area contributed by atoms with Crippen LogP contribution in [-0.2, 0) is 0 Å². The second-order valence-electron chi connectivity index (χ2n) is 12.1. The van der Waals surface area contributed by atoms with E-state index in [1.54, 1.807) is 0 Å². The average molecular weight is 599 g/mol. The average Bonchev–Trinajstić information content (AvgIpc) is 3.77. The lowest BCUT2D eigenvalue weighted by Crippen LogP contribution is -2.00. The van der Waals surface area contributed by atoms with Crippen molar-refractivity contribution in [3.05, 3.63) is 163 Å². The molecule has 0 radical (unpaired) electrons. The summed E-state index contributed by atoms with van der Waals surface area (Å²) in [6.45, 7) is 0. The summed E-state index contributed by atoms with van der Waals surface area (Å²) in [6.07, 6.45) is 0. The van der Waals surface area contributed by atoms with Crippen LogP contribution in [0.1, 0.15) is 5.56 Å². The van der Waals surface area contributed by atoms with Gasteiger partial charge in [-0.3, -0.25) is 0 Å². The Kier molecular flexibility index (Phi) is 5.32. The molecule has 0 aliphatic heterocycles. The van der Waals surface area contributed by atoms with Gasteiger partial charge in [-0.15, -0.1) is 0 Å². The second kappa shape index (κ2) is 9.71. The molecule has 10 aromatic rings. The fraction of sp³-hybridized carbons (Fsp3) is 0. The Morgan fingerprint density at radius 1 is 0.340 bits per heavy atom. The van der Waals surface area contributed by atoms with Gasteiger partial charge >= 0.3 is 0 Å². The van der Waals surface area contributed by atoms with Crippen molar-refractivity contribution in [3.8, 4) is 23.1 Å². The number of rotatable bonds is 3. The van der Waals surface area contributed by atoms with Crippen molar-refractivity contribution in [1.82, 2.24) is 13.7 Å². The van der Waals surface area contributed by atoms with Crippen LogP contribution in [0.25, 0.3) is 82.5 Å². The molecule has 47 heavy (non-hydrogen) atoms.